The predicted octanol–water partition coefficient (Wildman–Crippen LogP) is 2.96. The van der Waals surface area contributed by atoms with Crippen molar-refractivity contribution in [1.29, 1.82) is 0 Å². The number of halogens is 1. The standard InChI is InChI=1S/C14H15BrN2O2S/c15-13-5-2-6-17-14(13)20-9-11(18)8-19-12-4-1-3-10(16)7-12/h1-7,11,18H,8-9,16H2. The Kier molecular flexibility index (Phi) is 5.70. The molecule has 0 amide bonds. The van der Waals surface area contributed by atoms with Crippen LogP contribution in [0, 0.1) is 0 Å². The lowest BCUT2D eigenvalue weighted by Crippen LogP contribution is -2.20. The third-order valence-corrected chi connectivity index (χ3v) is 4.49. The van der Waals surface area contributed by atoms with Gasteiger partial charge in [0.2, 0.25) is 0 Å². The summed E-state index contributed by atoms with van der Waals surface area (Å²) in [5, 5.41) is 10.8. The number of nitrogens with zero attached hydrogens (tertiary/aromatic N) is 1. The van der Waals surface area contributed by atoms with Gasteiger partial charge in [-0.3, -0.25) is 0 Å². The molecule has 1 aromatic heterocycles. The number of hydrogen-bond acceptors (Lipinski definition) is 5. The van der Waals surface area contributed by atoms with Crippen LogP contribution in [0.4, 0.5) is 5.69 Å². The molecule has 0 fully saturated rings. The minimum atomic E-state index is -0.574. The molecule has 0 aliphatic heterocycles. The second kappa shape index (κ2) is 7.52. The molecule has 3 N–H and O–H groups in total. The summed E-state index contributed by atoms with van der Waals surface area (Å²) >= 11 is 4.90. The van der Waals surface area contributed by atoms with Gasteiger partial charge in [-0.2, -0.15) is 0 Å². The Labute approximate surface area is 130 Å². The molecular formula is C14H15BrN2O2S. The number of aliphatic hydroxyl groups excluding tert-OH is 1. The summed E-state index contributed by atoms with van der Waals surface area (Å²) in [5.74, 6) is 1.17. The topological polar surface area (TPSA) is 68.4 Å². The smallest absolute Gasteiger partial charge is 0.121 e. The van der Waals surface area contributed by atoms with Crippen LogP contribution >= 0.6 is 27.7 Å². The van der Waals surface area contributed by atoms with E-state index in [9.17, 15) is 5.11 Å². The van der Waals surface area contributed by atoms with Gasteiger partial charge in [-0.15, -0.1) is 11.8 Å². The van der Waals surface area contributed by atoms with Crippen molar-refractivity contribution in [3.05, 3.63) is 47.1 Å². The SMILES string of the molecule is Nc1cccc(OCC(O)CSc2ncccc2Br)c1. The monoisotopic (exact) mass is 354 g/mol. The Hall–Kier alpha value is -1.24. The van der Waals surface area contributed by atoms with Gasteiger partial charge in [-0.1, -0.05) is 6.07 Å². The van der Waals surface area contributed by atoms with E-state index in [0.29, 0.717) is 17.2 Å². The summed E-state index contributed by atoms with van der Waals surface area (Å²) in [6, 6.07) is 10.9. The summed E-state index contributed by atoms with van der Waals surface area (Å²) in [4.78, 5) is 4.23. The summed E-state index contributed by atoms with van der Waals surface area (Å²) in [5.41, 5.74) is 6.30. The lowest BCUT2D eigenvalue weighted by Gasteiger charge is -2.12. The Morgan fingerprint density at radius 3 is 2.95 bits per heavy atom. The van der Waals surface area contributed by atoms with Gasteiger partial charge in [0.15, 0.2) is 0 Å². The predicted molar refractivity (Wildman–Crippen MR) is 85.0 cm³/mol. The van der Waals surface area contributed by atoms with Crippen LogP contribution in [0.25, 0.3) is 0 Å². The molecule has 2 rings (SSSR count). The highest BCUT2D eigenvalue weighted by molar-refractivity contribution is 9.10. The fraction of sp³-hybridized carbons (Fsp3) is 0.214. The van der Waals surface area contributed by atoms with Crippen molar-refractivity contribution in [1.82, 2.24) is 4.98 Å². The van der Waals surface area contributed by atoms with Crippen LogP contribution < -0.4 is 10.5 Å². The molecule has 1 aromatic carbocycles. The zero-order chi connectivity index (χ0) is 14.4. The molecule has 0 aliphatic rings. The summed E-state index contributed by atoms with van der Waals surface area (Å²) in [7, 11) is 0. The van der Waals surface area contributed by atoms with E-state index in [4.69, 9.17) is 10.5 Å². The van der Waals surface area contributed by atoms with Crippen molar-refractivity contribution in [3.63, 3.8) is 0 Å². The molecule has 1 heterocycles. The van der Waals surface area contributed by atoms with E-state index in [2.05, 4.69) is 20.9 Å². The molecule has 0 radical (unpaired) electrons. The average Bonchev–Trinajstić information content (AvgIpc) is 2.44. The molecule has 0 saturated carbocycles. The van der Waals surface area contributed by atoms with Crippen molar-refractivity contribution in [2.75, 3.05) is 18.1 Å². The highest BCUT2D eigenvalue weighted by Crippen LogP contribution is 2.25. The Morgan fingerprint density at radius 1 is 1.35 bits per heavy atom. The zero-order valence-electron chi connectivity index (χ0n) is 10.7. The second-order valence-electron chi connectivity index (χ2n) is 4.14. The van der Waals surface area contributed by atoms with Gasteiger partial charge >= 0.3 is 0 Å². The molecule has 1 atom stereocenters. The van der Waals surface area contributed by atoms with Gasteiger partial charge in [0.1, 0.15) is 17.4 Å². The number of anilines is 1. The van der Waals surface area contributed by atoms with Crippen molar-refractivity contribution < 1.29 is 9.84 Å². The largest absolute Gasteiger partial charge is 0.491 e. The minimum Gasteiger partial charge on any atom is -0.491 e. The number of thioether (sulfide) groups is 1. The summed E-state index contributed by atoms with van der Waals surface area (Å²) in [6.07, 6.45) is 1.15. The number of aromatic nitrogens is 1. The Bertz CT molecular complexity index is 568. The van der Waals surface area contributed by atoms with E-state index in [-0.39, 0.29) is 6.61 Å². The number of pyridine rings is 1. The first-order valence-corrected chi connectivity index (χ1v) is 7.83. The third kappa shape index (κ3) is 4.70. The summed E-state index contributed by atoms with van der Waals surface area (Å²) < 4.78 is 6.42. The quantitative estimate of drug-likeness (QED) is 0.616. The van der Waals surface area contributed by atoms with Gasteiger partial charge in [-0.05, 0) is 40.2 Å². The van der Waals surface area contributed by atoms with Gasteiger partial charge in [0.25, 0.3) is 0 Å². The zero-order valence-corrected chi connectivity index (χ0v) is 13.1. The average molecular weight is 355 g/mol. The van der Waals surface area contributed by atoms with E-state index < -0.39 is 6.10 Å². The Morgan fingerprint density at radius 2 is 2.20 bits per heavy atom. The molecule has 0 saturated heterocycles. The Balaban J connectivity index is 1.78. The van der Waals surface area contributed by atoms with Gasteiger partial charge in [-0.25, -0.2) is 4.98 Å². The fourth-order valence-electron chi connectivity index (χ4n) is 1.50. The van der Waals surface area contributed by atoms with Crippen LogP contribution in [-0.4, -0.2) is 28.6 Å². The van der Waals surface area contributed by atoms with Gasteiger partial charge < -0.3 is 15.6 Å². The number of nitrogens with two attached hydrogens (primary N) is 1. The van der Waals surface area contributed by atoms with Crippen LogP contribution in [-0.2, 0) is 0 Å². The van der Waals surface area contributed by atoms with Crippen LogP contribution in [0.2, 0.25) is 0 Å². The van der Waals surface area contributed by atoms with E-state index in [0.717, 1.165) is 9.50 Å². The maximum atomic E-state index is 9.91. The molecule has 0 spiro atoms. The molecule has 2 aromatic rings. The first kappa shape index (κ1) is 15.2. The van der Waals surface area contributed by atoms with E-state index >= 15 is 0 Å². The normalized spacial score (nSPS) is 12.1. The number of aliphatic hydroxyl groups is 1. The van der Waals surface area contributed by atoms with Gasteiger partial charge in [0, 0.05) is 28.2 Å². The number of nitrogen functional groups attached to an aromatic ring is 1. The maximum Gasteiger partial charge on any atom is 0.121 e. The van der Waals surface area contributed by atoms with E-state index in [1.54, 1.807) is 18.3 Å². The molecule has 6 heteroatoms. The molecule has 0 aliphatic carbocycles. The maximum absolute atomic E-state index is 9.91. The first-order chi connectivity index (χ1) is 9.65. The molecule has 4 nitrogen and oxygen atoms in total. The molecule has 20 heavy (non-hydrogen) atoms. The highest BCUT2D eigenvalue weighted by Gasteiger charge is 2.09. The van der Waals surface area contributed by atoms with Crippen LogP contribution in [0.1, 0.15) is 0 Å². The van der Waals surface area contributed by atoms with Gasteiger partial charge in [0.05, 0.1) is 6.10 Å². The highest BCUT2D eigenvalue weighted by atomic mass is 79.9. The van der Waals surface area contributed by atoms with Crippen molar-refractivity contribution in [3.8, 4) is 5.75 Å². The number of ether oxygens (including phenoxy) is 1. The fourth-order valence-corrected chi connectivity index (χ4v) is 2.88. The number of benzene rings is 1. The van der Waals surface area contributed by atoms with E-state index in [1.807, 2.05) is 24.3 Å². The molecule has 0 bridgehead atoms. The summed E-state index contributed by atoms with van der Waals surface area (Å²) in [6.45, 7) is 0.223. The van der Waals surface area contributed by atoms with Crippen LogP contribution in [0.3, 0.4) is 0 Å². The minimum absolute atomic E-state index is 0.223. The molecule has 106 valence electrons. The molecular weight excluding hydrogens is 340 g/mol. The lowest BCUT2D eigenvalue weighted by molar-refractivity contribution is 0.126. The lowest BCUT2D eigenvalue weighted by atomic mass is 10.3. The number of hydrogen-bond donors (Lipinski definition) is 2. The van der Waals surface area contributed by atoms with Crippen LogP contribution in [0.5, 0.6) is 5.75 Å². The first-order valence-electron chi connectivity index (χ1n) is 6.05. The second-order valence-corrected chi connectivity index (χ2v) is 6.00. The molecule has 1 unspecified atom stereocenters. The van der Waals surface area contributed by atoms with Crippen LogP contribution in [0.15, 0.2) is 52.1 Å². The van der Waals surface area contributed by atoms with E-state index in [1.165, 1.54) is 11.8 Å². The third-order valence-electron chi connectivity index (χ3n) is 2.44. The van der Waals surface area contributed by atoms with Crippen molar-refractivity contribution >= 4 is 33.4 Å². The number of rotatable bonds is 6. The van der Waals surface area contributed by atoms with Crippen molar-refractivity contribution in [2.24, 2.45) is 0 Å². The van der Waals surface area contributed by atoms with Crippen molar-refractivity contribution in [2.45, 2.75) is 11.1 Å².